The molecule has 0 heterocycles. The summed E-state index contributed by atoms with van der Waals surface area (Å²) in [6.45, 7) is 3.02. The molecule has 0 saturated carbocycles. The third kappa shape index (κ3) is 4.54. The Morgan fingerprint density at radius 2 is 2.11 bits per heavy atom. The summed E-state index contributed by atoms with van der Waals surface area (Å²) in [7, 11) is 3.79. The van der Waals surface area contributed by atoms with E-state index < -0.39 is 0 Å². The predicted octanol–water partition coefficient (Wildman–Crippen LogP) is 0.555. The molecule has 1 N–H and O–H groups in total. The second-order valence-electron chi connectivity index (χ2n) is 1.57. The number of rotatable bonds is 1. The topological polar surface area (TPSA) is 15.3 Å². The first-order chi connectivity index (χ1) is 3.72. The minimum absolute atomic E-state index is 0. The Kier molecular flexibility index (Phi) is 8.08. The Hall–Kier alpha value is 0.0400. The molecule has 56 valence electrons. The molecule has 0 aliphatic heterocycles. The van der Waals surface area contributed by atoms with Crippen molar-refractivity contribution in [1.82, 2.24) is 10.2 Å². The SMILES string of the molecule is CCN(C)C(=S)NC.S. The summed E-state index contributed by atoms with van der Waals surface area (Å²) in [5.41, 5.74) is 0. The summed E-state index contributed by atoms with van der Waals surface area (Å²) in [4.78, 5) is 1.97. The molecule has 0 bridgehead atoms. The lowest BCUT2D eigenvalue weighted by Crippen LogP contribution is -2.34. The van der Waals surface area contributed by atoms with Crippen molar-refractivity contribution in [1.29, 1.82) is 0 Å². The standard InChI is InChI=1S/C5H12N2S.H2S/c1-4-7(3)5(8)6-2;/h4H2,1-3H3,(H,6,8);1H2. The first-order valence-corrected chi connectivity index (χ1v) is 3.06. The maximum Gasteiger partial charge on any atom is 0.168 e. The molecule has 0 spiro atoms. The van der Waals surface area contributed by atoms with Gasteiger partial charge in [-0.05, 0) is 19.1 Å². The Morgan fingerprint density at radius 3 is 2.22 bits per heavy atom. The molecular formula is C5H14N2S2. The smallest absolute Gasteiger partial charge is 0.168 e. The zero-order valence-electron chi connectivity index (χ0n) is 6.06. The monoisotopic (exact) mass is 166 g/mol. The molecule has 0 unspecified atom stereocenters. The van der Waals surface area contributed by atoms with Crippen molar-refractivity contribution < 1.29 is 0 Å². The molecule has 9 heavy (non-hydrogen) atoms. The molecule has 0 atom stereocenters. The van der Waals surface area contributed by atoms with Gasteiger partial charge in [-0.15, -0.1) is 0 Å². The van der Waals surface area contributed by atoms with Crippen LogP contribution in [0, 0.1) is 0 Å². The Labute approximate surface area is 69.1 Å². The van der Waals surface area contributed by atoms with Gasteiger partial charge in [0.1, 0.15) is 0 Å². The van der Waals surface area contributed by atoms with E-state index in [0.717, 1.165) is 11.7 Å². The molecule has 0 amide bonds. The number of hydrogen-bond acceptors (Lipinski definition) is 1. The highest BCUT2D eigenvalue weighted by Gasteiger charge is 1.94. The van der Waals surface area contributed by atoms with E-state index in [4.69, 9.17) is 12.2 Å². The van der Waals surface area contributed by atoms with Crippen molar-refractivity contribution in [3.05, 3.63) is 0 Å². The van der Waals surface area contributed by atoms with E-state index in [1.54, 1.807) is 0 Å². The summed E-state index contributed by atoms with van der Waals surface area (Å²) >= 11 is 4.89. The van der Waals surface area contributed by atoms with Gasteiger partial charge in [0.2, 0.25) is 0 Å². The van der Waals surface area contributed by atoms with Crippen LogP contribution < -0.4 is 5.32 Å². The minimum atomic E-state index is 0. The van der Waals surface area contributed by atoms with E-state index in [1.807, 2.05) is 19.0 Å². The molecule has 0 aromatic rings. The second kappa shape index (κ2) is 6.16. The highest BCUT2D eigenvalue weighted by molar-refractivity contribution is 7.80. The van der Waals surface area contributed by atoms with Crippen molar-refractivity contribution in [2.75, 3.05) is 20.6 Å². The summed E-state index contributed by atoms with van der Waals surface area (Å²) < 4.78 is 0. The number of hydrogen-bond donors (Lipinski definition) is 1. The van der Waals surface area contributed by atoms with E-state index in [2.05, 4.69) is 12.2 Å². The molecule has 0 saturated heterocycles. The van der Waals surface area contributed by atoms with Gasteiger partial charge in [0.25, 0.3) is 0 Å². The highest BCUT2D eigenvalue weighted by atomic mass is 32.1. The van der Waals surface area contributed by atoms with Gasteiger partial charge in [0.05, 0.1) is 0 Å². The molecule has 0 aromatic heterocycles. The van der Waals surface area contributed by atoms with Gasteiger partial charge < -0.3 is 10.2 Å². The van der Waals surface area contributed by atoms with E-state index in [0.29, 0.717) is 0 Å². The first-order valence-electron chi connectivity index (χ1n) is 2.65. The van der Waals surface area contributed by atoms with Crippen molar-refractivity contribution in [2.45, 2.75) is 6.92 Å². The molecule has 0 fully saturated rings. The van der Waals surface area contributed by atoms with E-state index in [9.17, 15) is 0 Å². The summed E-state index contributed by atoms with van der Waals surface area (Å²) in [6.07, 6.45) is 0. The fraction of sp³-hybridized carbons (Fsp3) is 0.800. The molecule has 0 aliphatic carbocycles. The summed E-state index contributed by atoms with van der Waals surface area (Å²) in [6, 6.07) is 0. The predicted molar refractivity (Wildman–Crippen MR) is 50.3 cm³/mol. The van der Waals surface area contributed by atoms with Crippen LogP contribution in [0.15, 0.2) is 0 Å². The summed E-state index contributed by atoms with van der Waals surface area (Å²) in [5, 5.41) is 3.67. The molecule has 2 nitrogen and oxygen atoms in total. The Bertz CT molecular complexity index is 85.0. The third-order valence-corrected chi connectivity index (χ3v) is 1.55. The first kappa shape index (κ1) is 11.8. The fourth-order valence-corrected chi connectivity index (χ4v) is 0.464. The van der Waals surface area contributed by atoms with Crippen LogP contribution >= 0.6 is 25.7 Å². The second-order valence-corrected chi connectivity index (χ2v) is 1.96. The largest absolute Gasteiger partial charge is 0.366 e. The van der Waals surface area contributed by atoms with Crippen LogP contribution in [0.2, 0.25) is 0 Å². The van der Waals surface area contributed by atoms with Crippen molar-refractivity contribution >= 4 is 30.8 Å². The van der Waals surface area contributed by atoms with Crippen molar-refractivity contribution in [2.24, 2.45) is 0 Å². The zero-order valence-corrected chi connectivity index (χ0v) is 7.88. The zero-order chi connectivity index (χ0) is 6.57. The molecule has 0 rings (SSSR count). The van der Waals surface area contributed by atoms with Crippen LogP contribution in [-0.2, 0) is 0 Å². The Balaban J connectivity index is 0. The van der Waals surface area contributed by atoms with Crippen LogP contribution in [0.1, 0.15) is 6.92 Å². The van der Waals surface area contributed by atoms with Crippen molar-refractivity contribution in [3.63, 3.8) is 0 Å². The van der Waals surface area contributed by atoms with E-state index >= 15 is 0 Å². The van der Waals surface area contributed by atoms with Gasteiger partial charge in [-0.2, -0.15) is 13.5 Å². The van der Waals surface area contributed by atoms with Gasteiger partial charge in [-0.3, -0.25) is 0 Å². The van der Waals surface area contributed by atoms with Gasteiger partial charge in [-0.1, -0.05) is 0 Å². The van der Waals surface area contributed by atoms with Crippen LogP contribution in [0.3, 0.4) is 0 Å². The molecule has 0 aliphatic rings. The molecule has 4 heteroatoms. The van der Waals surface area contributed by atoms with Crippen LogP contribution in [0.5, 0.6) is 0 Å². The van der Waals surface area contributed by atoms with Crippen LogP contribution in [-0.4, -0.2) is 30.7 Å². The number of thiocarbonyl (C=S) groups is 1. The average Bonchev–Trinajstić information content (AvgIpc) is 1.84. The van der Waals surface area contributed by atoms with E-state index in [1.165, 1.54) is 0 Å². The fourth-order valence-electron chi connectivity index (χ4n) is 0.334. The number of nitrogens with one attached hydrogen (secondary N) is 1. The minimum Gasteiger partial charge on any atom is -0.366 e. The maximum absolute atomic E-state index is 4.89. The quantitative estimate of drug-likeness (QED) is 0.573. The third-order valence-electron chi connectivity index (χ3n) is 1.03. The van der Waals surface area contributed by atoms with Gasteiger partial charge >= 0.3 is 0 Å². The van der Waals surface area contributed by atoms with E-state index in [-0.39, 0.29) is 13.5 Å². The lowest BCUT2D eigenvalue weighted by atomic mass is 10.6. The maximum atomic E-state index is 4.89. The van der Waals surface area contributed by atoms with Gasteiger partial charge in [-0.25, -0.2) is 0 Å². The van der Waals surface area contributed by atoms with Crippen LogP contribution in [0.25, 0.3) is 0 Å². The average molecular weight is 166 g/mol. The highest BCUT2D eigenvalue weighted by Crippen LogP contribution is 1.79. The molecule has 0 aromatic carbocycles. The van der Waals surface area contributed by atoms with Crippen molar-refractivity contribution in [3.8, 4) is 0 Å². The Morgan fingerprint density at radius 1 is 1.67 bits per heavy atom. The molecular weight excluding hydrogens is 152 g/mol. The lowest BCUT2D eigenvalue weighted by Gasteiger charge is -2.15. The molecule has 0 radical (unpaired) electrons. The van der Waals surface area contributed by atoms with Crippen LogP contribution in [0.4, 0.5) is 0 Å². The van der Waals surface area contributed by atoms with Gasteiger partial charge in [0, 0.05) is 20.6 Å². The normalized spacial score (nSPS) is 7.44. The lowest BCUT2D eigenvalue weighted by molar-refractivity contribution is 0.529. The number of nitrogens with zero attached hydrogens (tertiary/aromatic N) is 1. The van der Waals surface area contributed by atoms with Gasteiger partial charge in [0.15, 0.2) is 5.11 Å². The summed E-state index contributed by atoms with van der Waals surface area (Å²) in [5.74, 6) is 0.